The molecule has 0 radical (unpaired) electrons. The maximum atomic E-state index is 12.0. The van der Waals surface area contributed by atoms with Crippen LogP contribution in [0.4, 0.5) is 11.4 Å². The smallest absolute Gasteiger partial charge is 0.224 e. The molecule has 1 aliphatic rings. The Labute approximate surface area is 139 Å². The van der Waals surface area contributed by atoms with Crippen LogP contribution in [0.15, 0.2) is 16.6 Å². The van der Waals surface area contributed by atoms with Crippen LogP contribution < -0.4 is 11.1 Å². The number of halogens is 2. The van der Waals surface area contributed by atoms with Gasteiger partial charge in [-0.05, 0) is 37.0 Å². The lowest BCUT2D eigenvalue weighted by atomic mass is 10.0. The lowest BCUT2D eigenvalue weighted by molar-refractivity contribution is -0.116. The first-order valence-electron chi connectivity index (χ1n) is 6.33. The monoisotopic (exact) mass is 396 g/mol. The third-order valence-electron chi connectivity index (χ3n) is 3.43. The third kappa shape index (κ3) is 4.86. The normalized spacial score (nSPS) is 19.8. The number of aryl methyl sites for hydroxylation is 1. The summed E-state index contributed by atoms with van der Waals surface area (Å²) in [5.41, 5.74) is 7.88. The van der Waals surface area contributed by atoms with Gasteiger partial charge in [0, 0.05) is 10.9 Å². The van der Waals surface area contributed by atoms with Gasteiger partial charge in [-0.2, -0.15) is 0 Å². The molecule has 2 rings (SSSR count). The van der Waals surface area contributed by atoms with E-state index in [1.807, 2.05) is 13.0 Å². The number of carbonyl (C=O) groups is 1. The van der Waals surface area contributed by atoms with E-state index in [-0.39, 0.29) is 42.2 Å². The number of carbonyl (C=O) groups excluding carboxylic acids is 1. The topological polar surface area (TPSA) is 89.3 Å². The zero-order valence-corrected chi connectivity index (χ0v) is 14.8. The van der Waals surface area contributed by atoms with Crippen LogP contribution in [-0.2, 0) is 14.6 Å². The Bertz CT molecular complexity index is 649. The van der Waals surface area contributed by atoms with Crippen LogP contribution in [0.25, 0.3) is 0 Å². The number of hydrogen-bond acceptors (Lipinski definition) is 4. The number of rotatable bonds is 3. The van der Waals surface area contributed by atoms with Crippen molar-refractivity contribution in [2.75, 3.05) is 22.6 Å². The van der Waals surface area contributed by atoms with Crippen molar-refractivity contribution < 1.29 is 13.2 Å². The number of anilines is 2. The summed E-state index contributed by atoms with van der Waals surface area (Å²) in [5.74, 6) is 0.00187. The van der Waals surface area contributed by atoms with E-state index < -0.39 is 9.84 Å². The number of nitrogens with one attached hydrogen (secondary N) is 1. The minimum Gasteiger partial charge on any atom is -0.397 e. The highest BCUT2D eigenvalue weighted by molar-refractivity contribution is 9.10. The van der Waals surface area contributed by atoms with Gasteiger partial charge < -0.3 is 11.1 Å². The average Bonchev–Trinajstić information content (AvgIpc) is 2.64. The fraction of sp³-hybridized carbons (Fsp3) is 0.462. The highest BCUT2D eigenvalue weighted by Crippen LogP contribution is 2.28. The highest BCUT2D eigenvalue weighted by atomic mass is 79.9. The zero-order valence-electron chi connectivity index (χ0n) is 11.6. The average molecular weight is 398 g/mol. The van der Waals surface area contributed by atoms with Crippen LogP contribution >= 0.6 is 28.3 Å². The van der Waals surface area contributed by atoms with Crippen LogP contribution in [0.3, 0.4) is 0 Å². The standard InChI is InChI=1S/C13H17BrN2O3S.ClH/c1-8-4-10(14)6-11(13(8)15)16-12(17)5-9-2-3-20(18,19)7-9;/h4,6,9H,2-3,5,7,15H2,1H3,(H,16,17);1H. The molecule has 0 aromatic heterocycles. The first kappa shape index (κ1) is 18.3. The fourth-order valence-electron chi connectivity index (χ4n) is 2.35. The van der Waals surface area contributed by atoms with Gasteiger partial charge in [-0.3, -0.25) is 4.79 Å². The Kier molecular flexibility index (Phi) is 6.07. The molecule has 1 heterocycles. The molecule has 1 unspecified atom stereocenters. The maximum Gasteiger partial charge on any atom is 0.224 e. The molecule has 0 bridgehead atoms. The Hall–Kier alpha value is -0.790. The van der Waals surface area contributed by atoms with Gasteiger partial charge in [-0.25, -0.2) is 8.42 Å². The molecule has 118 valence electrons. The molecule has 0 saturated carbocycles. The van der Waals surface area contributed by atoms with Crippen molar-refractivity contribution in [1.82, 2.24) is 0 Å². The lowest BCUT2D eigenvalue weighted by Gasteiger charge is -2.12. The predicted molar refractivity (Wildman–Crippen MR) is 90.5 cm³/mol. The highest BCUT2D eigenvalue weighted by Gasteiger charge is 2.29. The number of amides is 1. The molecule has 1 amide bonds. The fourth-order valence-corrected chi connectivity index (χ4v) is 4.79. The molecular formula is C13H18BrClN2O3S. The summed E-state index contributed by atoms with van der Waals surface area (Å²) in [5, 5.41) is 2.76. The van der Waals surface area contributed by atoms with Gasteiger partial charge in [-0.15, -0.1) is 12.4 Å². The van der Waals surface area contributed by atoms with Gasteiger partial charge in [0.15, 0.2) is 9.84 Å². The summed E-state index contributed by atoms with van der Waals surface area (Å²) in [6.45, 7) is 1.86. The zero-order chi connectivity index (χ0) is 14.9. The minimum absolute atomic E-state index is 0. The molecule has 0 aliphatic carbocycles. The first-order chi connectivity index (χ1) is 9.27. The van der Waals surface area contributed by atoms with E-state index >= 15 is 0 Å². The predicted octanol–water partition coefficient (Wildman–Crippen LogP) is 2.52. The van der Waals surface area contributed by atoms with E-state index in [0.717, 1.165) is 10.0 Å². The molecular weight excluding hydrogens is 380 g/mol. The summed E-state index contributed by atoms with van der Waals surface area (Å²) in [4.78, 5) is 12.0. The van der Waals surface area contributed by atoms with Gasteiger partial charge in [0.1, 0.15) is 0 Å². The Balaban J connectivity index is 0.00000220. The van der Waals surface area contributed by atoms with E-state index in [9.17, 15) is 13.2 Å². The molecule has 5 nitrogen and oxygen atoms in total. The van der Waals surface area contributed by atoms with Crippen LogP contribution in [0, 0.1) is 12.8 Å². The van der Waals surface area contributed by atoms with Crippen molar-refractivity contribution in [3.63, 3.8) is 0 Å². The lowest BCUT2D eigenvalue weighted by Crippen LogP contribution is -2.18. The van der Waals surface area contributed by atoms with E-state index in [0.29, 0.717) is 17.8 Å². The summed E-state index contributed by atoms with van der Waals surface area (Å²) in [6, 6.07) is 3.61. The van der Waals surface area contributed by atoms with Crippen molar-refractivity contribution in [2.45, 2.75) is 19.8 Å². The summed E-state index contributed by atoms with van der Waals surface area (Å²) < 4.78 is 23.6. The van der Waals surface area contributed by atoms with E-state index in [2.05, 4.69) is 21.2 Å². The van der Waals surface area contributed by atoms with Gasteiger partial charge in [0.2, 0.25) is 5.91 Å². The van der Waals surface area contributed by atoms with Crippen molar-refractivity contribution in [2.24, 2.45) is 5.92 Å². The number of sulfone groups is 1. The second-order valence-corrected chi connectivity index (χ2v) is 8.35. The summed E-state index contributed by atoms with van der Waals surface area (Å²) >= 11 is 3.35. The molecule has 1 fully saturated rings. The van der Waals surface area contributed by atoms with Gasteiger partial charge in [-0.1, -0.05) is 15.9 Å². The van der Waals surface area contributed by atoms with Crippen molar-refractivity contribution in [3.8, 4) is 0 Å². The quantitative estimate of drug-likeness (QED) is 0.767. The molecule has 0 spiro atoms. The van der Waals surface area contributed by atoms with Crippen LogP contribution in [0.2, 0.25) is 0 Å². The largest absolute Gasteiger partial charge is 0.397 e. The SMILES string of the molecule is Cc1cc(Br)cc(NC(=O)CC2CCS(=O)(=O)C2)c1N.Cl. The first-order valence-corrected chi connectivity index (χ1v) is 8.94. The van der Waals surface area contributed by atoms with Gasteiger partial charge >= 0.3 is 0 Å². The third-order valence-corrected chi connectivity index (χ3v) is 5.72. The molecule has 3 N–H and O–H groups in total. The van der Waals surface area contributed by atoms with Crippen molar-refractivity contribution in [1.29, 1.82) is 0 Å². The number of nitrogens with two attached hydrogens (primary N) is 1. The maximum absolute atomic E-state index is 12.0. The number of hydrogen-bond donors (Lipinski definition) is 2. The molecule has 1 aromatic rings. The summed E-state index contributed by atoms with van der Waals surface area (Å²) in [7, 11) is -2.95. The molecule has 8 heteroatoms. The van der Waals surface area contributed by atoms with Crippen LogP contribution in [0.1, 0.15) is 18.4 Å². The Morgan fingerprint density at radius 3 is 2.71 bits per heavy atom. The van der Waals surface area contributed by atoms with Gasteiger partial charge in [0.25, 0.3) is 0 Å². The second kappa shape index (κ2) is 6.98. The molecule has 1 saturated heterocycles. The summed E-state index contributed by atoms with van der Waals surface area (Å²) in [6.07, 6.45) is 0.771. The Morgan fingerprint density at radius 2 is 2.14 bits per heavy atom. The molecule has 1 aromatic carbocycles. The van der Waals surface area contributed by atoms with Crippen molar-refractivity contribution in [3.05, 3.63) is 22.2 Å². The minimum atomic E-state index is -2.95. The molecule has 21 heavy (non-hydrogen) atoms. The van der Waals surface area contributed by atoms with E-state index in [1.54, 1.807) is 6.07 Å². The Morgan fingerprint density at radius 1 is 1.48 bits per heavy atom. The second-order valence-electron chi connectivity index (χ2n) is 5.21. The number of nitrogen functional groups attached to an aromatic ring is 1. The molecule has 1 atom stereocenters. The van der Waals surface area contributed by atoms with E-state index in [1.165, 1.54) is 0 Å². The van der Waals surface area contributed by atoms with E-state index in [4.69, 9.17) is 5.73 Å². The van der Waals surface area contributed by atoms with Crippen LogP contribution in [-0.4, -0.2) is 25.8 Å². The number of benzene rings is 1. The van der Waals surface area contributed by atoms with Crippen molar-refractivity contribution >= 4 is 55.5 Å². The van der Waals surface area contributed by atoms with Crippen LogP contribution in [0.5, 0.6) is 0 Å². The van der Waals surface area contributed by atoms with Gasteiger partial charge in [0.05, 0.1) is 22.9 Å². The molecule has 1 aliphatic heterocycles.